The topological polar surface area (TPSA) is 37.4 Å². The number of hydrogen-bond acceptors (Lipinski definition) is 2. The van der Waals surface area contributed by atoms with Crippen molar-refractivity contribution in [3.8, 4) is 0 Å². The Balaban J connectivity index is 1.55. The van der Waals surface area contributed by atoms with Crippen molar-refractivity contribution in [1.82, 2.24) is 0 Å². The van der Waals surface area contributed by atoms with Crippen LogP contribution < -0.4 is 4.90 Å². The smallest absolute Gasteiger partial charge is 0.232 e. The minimum Gasteiger partial charge on any atom is -0.294 e. The van der Waals surface area contributed by atoms with Gasteiger partial charge in [0, 0.05) is 35.4 Å². The van der Waals surface area contributed by atoms with Gasteiger partial charge in [0.05, 0.1) is 5.69 Å². The number of nitrogens with zero attached hydrogens (tertiary/aromatic N) is 1. The van der Waals surface area contributed by atoms with Crippen LogP contribution >= 0.6 is 0 Å². The van der Waals surface area contributed by atoms with Gasteiger partial charge in [-0.3, -0.25) is 14.5 Å². The molecule has 1 aliphatic heterocycles. The molecule has 0 radical (unpaired) electrons. The number of Topliss-reactive ketones (excluding diaryl/α,β-unsaturated/α-hetero) is 1. The monoisotopic (exact) mass is 457 g/mol. The molecule has 35 heavy (non-hydrogen) atoms. The molecule has 2 atom stereocenters. The van der Waals surface area contributed by atoms with Gasteiger partial charge in [-0.05, 0) is 41.8 Å². The molecule has 0 fully saturated rings. The van der Waals surface area contributed by atoms with Crippen LogP contribution in [0.1, 0.15) is 47.8 Å². The first-order chi connectivity index (χ1) is 17.1. The minimum absolute atomic E-state index is 0.0492. The lowest BCUT2D eigenvalue weighted by atomic mass is 9.72. The number of anilines is 1. The third kappa shape index (κ3) is 3.77. The molecule has 2 aliphatic rings. The summed E-state index contributed by atoms with van der Waals surface area (Å²) in [6.45, 7) is 2.06. The van der Waals surface area contributed by atoms with Crippen molar-refractivity contribution in [3.05, 3.63) is 125 Å². The van der Waals surface area contributed by atoms with Crippen molar-refractivity contribution in [1.29, 1.82) is 0 Å². The van der Waals surface area contributed by atoms with Gasteiger partial charge in [-0.2, -0.15) is 0 Å². The molecule has 3 heteroatoms. The second-order valence-electron chi connectivity index (χ2n) is 9.70. The number of rotatable bonds is 3. The number of carbonyl (C=O) groups is 2. The number of fused-ring (bicyclic) bond motifs is 1. The van der Waals surface area contributed by atoms with Crippen LogP contribution in [0.15, 0.2) is 108 Å². The molecule has 4 aromatic carbocycles. The van der Waals surface area contributed by atoms with E-state index in [2.05, 4.69) is 55.5 Å². The molecule has 172 valence electrons. The number of hydrogen-bond donors (Lipinski definition) is 0. The lowest BCUT2D eigenvalue weighted by molar-refractivity contribution is -0.120. The predicted molar refractivity (Wildman–Crippen MR) is 140 cm³/mol. The summed E-state index contributed by atoms with van der Waals surface area (Å²) < 4.78 is 0. The van der Waals surface area contributed by atoms with Gasteiger partial charge in [0.1, 0.15) is 0 Å². The molecule has 1 amide bonds. The summed E-state index contributed by atoms with van der Waals surface area (Å²) in [5.74, 6) is 0.0642. The Morgan fingerprint density at radius 3 is 2.26 bits per heavy atom. The summed E-state index contributed by atoms with van der Waals surface area (Å²) in [6.07, 6.45) is 1.44. The molecule has 0 N–H and O–H groups in total. The summed E-state index contributed by atoms with van der Waals surface area (Å²) in [4.78, 5) is 29.6. The van der Waals surface area contributed by atoms with Crippen LogP contribution in [0, 0.1) is 6.92 Å². The number of ketones is 1. The van der Waals surface area contributed by atoms with Gasteiger partial charge in [0.15, 0.2) is 5.78 Å². The van der Waals surface area contributed by atoms with Gasteiger partial charge in [0.2, 0.25) is 5.91 Å². The molecule has 4 aromatic rings. The normalized spacial score (nSPS) is 20.3. The maximum absolute atomic E-state index is 13.9. The summed E-state index contributed by atoms with van der Waals surface area (Å²) in [6, 6.07) is 32.7. The molecule has 0 aromatic heterocycles. The van der Waals surface area contributed by atoms with Crippen molar-refractivity contribution in [2.75, 3.05) is 4.90 Å². The zero-order chi connectivity index (χ0) is 23.9. The first kappa shape index (κ1) is 21.5. The molecule has 0 saturated heterocycles. The minimum atomic E-state index is -0.201. The van der Waals surface area contributed by atoms with Crippen LogP contribution in [0.3, 0.4) is 0 Å². The van der Waals surface area contributed by atoms with E-state index in [9.17, 15) is 9.59 Å². The average Bonchev–Trinajstić information content (AvgIpc) is 2.88. The van der Waals surface area contributed by atoms with Gasteiger partial charge in [0.25, 0.3) is 0 Å². The maximum Gasteiger partial charge on any atom is 0.232 e. The molecule has 2 unspecified atom stereocenters. The maximum atomic E-state index is 13.9. The van der Waals surface area contributed by atoms with Gasteiger partial charge in [-0.1, -0.05) is 96.6 Å². The van der Waals surface area contributed by atoms with Gasteiger partial charge < -0.3 is 0 Å². The fraction of sp³-hybridized carbons (Fsp3) is 0.188. The van der Waals surface area contributed by atoms with Crippen molar-refractivity contribution in [3.63, 3.8) is 0 Å². The Kier molecular flexibility index (Phi) is 5.33. The van der Waals surface area contributed by atoms with Crippen molar-refractivity contribution < 1.29 is 9.59 Å². The molecule has 3 nitrogen and oxygen atoms in total. The van der Waals surface area contributed by atoms with Crippen molar-refractivity contribution >= 4 is 28.2 Å². The van der Waals surface area contributed by atoms with E-state index in [1.54, 1.807) is 0 Å². The summed E-state index contributed by atoms with van der Waals surface area (Å²) in [5, 5.41) is 2.11. The first-order valence-electron chi connectivity index (χ1n) is 12.3. The van der Waals surface area contributed by atoms with Crippen LogP contribution in [0.4, 0.5) is 5.69 Å². The Morgan fingerprint density at radius 1 is 0.714 bits per heavy atom. The fourth-order valence-electron chi connectivity index (χ4n) is 5.85. The van der Waals surface area contributed by atoms with E-state index in [-0.39, 0.29) is 23.5 Å². The molecular weight excluding hydrogens is 430 g/mol. The van der Waals surface area contributed by atoms with Crippen LogP contribution in [0.5, 0.6) is 0 Å². The second-order valence-corrected chi connectivity index (χ2v) is 9.70. The quantitative estimate of drug-likeness (QED) is 0.330. The largest absolute Gasteiger partial charge is 0.294 e. The van der Waals surface area contributed by atoms with E-state index < -0.39 is 0 Å². The van der Waals surface area contributed by atoms with Crippen LogP contribution in [0.25, 0.3) is 10.8 Å². The zero-order valence-electron chi connectivity index (χ0n) is 19.8. The number of allylic oxidation sites excluding steroid dienone is 2. The van der Waals surface area contributed by atoms with E-state index >= 15 is 0 Å². The van der Waals surface area contributed by atoms with E-state index in [1.165, 1.54) is 0 Å². The SMILES string of the molecule is Cc1cccc(C2CC(=O)N(c3cccc4ccccc34)C3=C2C(=O)CC(c2ccccc2)C3)c1. The van der Waals surface area contributed by atoms with Gasteiger partial charge in [-0.15, -0.1) is 0 Å². The molecule has 0 spiro atoms. The van der Waals surface area contributed by atoms with Crippen molar-refractivity contribution in [2.24, 2.45) is 0 Å². The predicted octanol–water partition coefficient (Wildman–Crippen LogP) is 7.07. The Morgan fingerprint density at radius 2 is 1.43 bits per heavy atom. The van der Waals surface area contributed by atoms with Crippen molar-refractivity contribution in [2.45, 2.75) is 38.0 Å². The molecule has 1 heterocycles. The lowest BCUT2D eigenvalue weighted by Crippen LogP contribution is -2.42. The number of benzene rings is 4. The first-order valence-corrected chi connectivity index (χ1v) is 12.3. The van der Waals surface area contributed by atoms with Crippen LogP contribution in [0.2, 0.25) is 0 Å². The highest BCUT2D eigenvalue weighted by Crippen LogP contribution is 2.48. The standard InChI is InChI=1S/C32H27NO2/c1-21-9-7-14-24(17-21)27-20-31(35)33(28-16-8-13-23-12-5-6-15-26(23)28)29-18-25(19-30(34)32(27)29)22-10-3-2-4-11-22/h2-17,25,27H,18-20H2,1H3. The highest BCUT2D eigenvalue weighted by Gasteiger charge is 2.42. The number of aryl methyl sites for hydroxylation is 1. The molecular formula is C32H27NO2. The highest BCUT2D eigenvalue weighted by atomic mass is 16.2. The van der Waals surface area contributed by atoms with E-state index in [0.29, 0.717) is 19.3 Å². The Hall–Kier alpha value is -3.98. The fourth-order valence-corrected chi connectivity index (χ4v) is 5.85. The average molecular weight is 458 g/mol. The van der Waals surface area contributed by atoms with E-state index in [0.717, 1.165) is 44.4 Å². The highest BCUT2D eigenvalue weighted by molar-refractivity contribution is 6.11. The van der Waals surface area contributed by atoms with Gasteiger partial charge >= 0.3 is 0 Å². The molecule has 0 bridgehead atoms. The summed E-state index contributed by atoms with van der Waals surface area (Å²) in [7, 11) is 0. The Bertz CT molecular complexity index is 1480. The van der Waals surface area contributed by atoms with E-state index in [4.69, 9.17) is 0 Å². The number of amides is 1. The van der Waals surface area contributed by atoms with Crippen LogP contribution in [-0.2, 0) is 9.59 Å². The lowest BCUT2D eigenvalue weighted by Gasteiger charge is -2.41. The third-order valence-corrected chi connectivity index (χ3v) is 7.45. The summed E-state index contributed by atoms with van der Waals surface area (Å²) >= 11 is 0. The van der Waals surface area contributed by atoms with Gasteiger partial charge in [-0.25, -0.2) is 0 Å². The molecule has 6 rings (SSSR count). The second kappa shape index (κ2) is 8.66. The Labute approximate surface area is 205 Å². The molecule has 0 saturated carbocycles. The molecule has 1 aliphatic carbocycles. The van der Waals surface area contributed by atoms with E-state index in [1.807, 2.05) is 53.4 Å². The van der Waals surface area contributed by atoms with Crippen LogP contribution in [-0.4, -0.2) is 11.7 Å². The number of carbonyl (C=O) groups excluding carboxylic acids is 2. The third-order valence-electron chi connectivity index (χ3n) is 7.45. The zero-order valence-corrected chi connectivity index (χ0v) is 19.8. The summed E-state index contributed by atoms with van der Waals surface area (Å²) in [5.41, 5.74) is 5.89.